The van der Waals surface area contributed by atoms with Crippen LogP contribution >= 0.6 is 11.6 Å². The van der Waals surface area contributed by atoms with Gasteiger partial charge in [-0.15, -0.1) is 6.58 Å². The highest BCUT2D eigenvalue weighted by Gasteiger charge is 2.23. The third-order valence-corrected chi connectivity index (χ3v) is 5.48. The Morgan fingerprint density at radius 3 is 2.71 bits per heavy atom. The Labute approximate surface area is 210 Å². The molecule has 0 spiro atoms. The van der Waals surface area contributed by atoms with Gasteiger partial charge in [0.05, 0.1) is 42.9 Å². The Kier molecular flexibility index (Phi) is 10.3. The van der Waals surface area contributed by atoms with Gasteiger partial charge in [-0.25, -0.2) is 9.07 Å². The summed E-state index contributed by atoms with van der Waals surface area (Å²) < 4.78 is 32.4. The average Bonchev–Trinajstić information content (AvgIpc) is 3.13. The van der Waals surface area contributed by atoms with Crippen LogP contribution in [0.2, 0.25) is 5.02 Å². The predicted molar refractivity (Wildman–Crippen MR) is 134 cm³/mol. The summed E-state index contributed by atoms with van der Waals surface area (Å²) in [7, 11) is 1.63. The minimum Gasteiger partial charge on any atom is -0.438 e. The van der Waals surface area contributed by atoms with Crippen LogP contribution in [0.3, 0.4) is 0 Å². The van der Waals surface area contributed by atoms with E-state index in [1.165, 1.54) is 12.1 Å². The smallest absolute Gasteiger partial charge is 0.227 e. The molecule has 0 saturated heterocycles. The summed E-state index contributed by atoms with van der Waals surface area (Å²) >= 11 is 6.07. The molecule has 7 nitrogen and oxygen atoms in total. The van der Waals surface area contributed by atoms with Crippen LogP contribution in [0.25, 0.3) is 5.69 Å². The summed E-state index contributed by atoms with van der Waals surface area (Å²) in [5.74, 6) is 0.403. The number of aromatic nitrogens is 2. The van der Waals surface area contributed by atoms with E-state index >= 15 is 0 Å². The van der Waals surface area contributed by atoms with Crippen LogP contribution in [0.1, 0.15) is 11.3 Å². The van der Waals surface area contributed by atoms with Crippen molar-refractivity contribution in [2.45, 2.75) is 19.6 Å². The second-order valence-corrected chi connectivity index (χ2v) is 8.46. The van der Waals surface area contributed by atoms with E-state index in [2.05, 4.69) is 6.58 Å². The highest BCUT2D eigenvalue weighted by Crippen LogP contribution is 2.32. The molecule has 2 aromatic carbocycles. The zero-order valence-corrected chi connectivity index (χ0v) is 20.7. The molecule has 3 aromatic rings. The molecule has 1 heterocycles. The van der Waals surface area contributed by atoms with Crippen LogP contribution in [0.5, 0.6) is 11.6 Å². The van der Waals surface area contributed by atoms with Gasteiger partial charge < -0.3 is 19.3 Å². The maximum absolute atomic E-state index is 13.9. The molecule has 0 fully saturated rings. The summed E-state index contributed by atoms with van der Waals surface area (Å²) in [4.78, 5) is 2.04. The molecule has 0 amide bonds. The number of nitrogens with zero attached hydrogens (tertiary/aromatic N) is 3. The van der Waals surface area contributed by atoms with Gasteiger partial charge >= 0.3 is 0 Å². The third kappa shape index (κ3) is 7.88. The highest BCUT2D eigenvalue weighted by molar-refractivity contribution is 6.30. The van der Waals surface area contributed by atoms with Crippen molar-refractivity contribution in [1.29, 1.82) is 0 Å². The summed E-state index contributed by atoms with van der Waals surface area (Å²) in [6, 6.07) is 13.2. The van der Waals surface area contributed by atoms with E-state index in [0.717, 1.165) is 16.9 Å². The Morgan fingerprint density at radius 2 is 2.03 bits per heavy atom. The van der Waals surface area contributed by atoms with Crippen molar-refractivity contribution in [2.75, 3.05) is 40.0 Å². The Morgan fingerprint density at radius 1 is 1.26 bits per heavy atom. The first kappa shape index (κ1) is 26.8. The van der Waals surface area contributed by atoms with Gasteiger partial charge in [0.15, 0.2) is 0 Å². The van der Waals surface area contributed by atoms with E-state index in [-0.39, 0.29) is 6.61 Å². The Hall–Kier alpha value is -2.75. The SMILES string of the molecule is C=CCOCC(O)CN(CCOC)Cc1c(C)nn(-c2ccc(Cl)cc2)c1Oc1cccc(F)c1. The lowest BCUT2D eigenvalue weighted by molar-refractivity contribution is 0.0192. The lowest BCUT2D eigenvalue weighted by atomic mass is 10.2. The first-order valence-corrected chi connectivity index (χ1v) is 11.6. The van der Waals surface area contributed by atoms with E-state index < -0.39 is 11.9 Å². The molecule has 3 rings (SSSR count). The van der Waals surface area contributed by atoms with Crippen molar-refractivity contribution in [1.82, 2.24) is 14.7 Å². The first-order valence-electron chi connectivity index (χ1n) is 11.3. The molecule has 188 valence electrons. The van der Waals surface area contributed by atoms with E-state index in [1.54, 1.807) is 42.1 Å². The topological polar surface area (TPSA) is 69.0 Å². The van der Waals surface area contributed by atoms with Crippen molar-refractivity contribution >= 4 is 11.6 Å². The second kappa shape index (κ2) is 13.4. The fraction of sp³-hybridized carbons (Fsp3) is 0.346. The number of aliphatic hydroxyl groups is 1. The van der Waals surface area contributed by atoms with Gasteiger partial charge in [-0.2, -0.15) is 5.10 Å². The van der Waals surface area contributed by atoms with Crippen molar-refractivity contribution in [2.24, 2.45) is 0 Å². The number of benzene rings is 2. The number of aliphatic hydroxyl groups excluding tert-OH is 1. The zero-order chi connectivity index (χ0) is 25.2. The third-order valence-electron chi connectivity index (χ3n) is 5.23. The van der Waals surface area contributed by atoms with E-state index in [0.29, 0.717) is 49.5 Å². The summed E-state index contributed by atoms with van der Waals surface area (Å²) in [5.41, 5.74) is 2.29. The number of rotatable bonds is 14. The molecule has 0 saturated carbocycles. The molecule has 0 radical (unpaired) electrons. The fourth-order valence-corrected chi connectivity index (χ4v) is 3.67. The van der Waals surface area contributed by atoms with E-state index in [1.807, 2.05) is 24.0 Å². The van der Waals surface area contributed by atoms with Gasteiger partial charge in [0.25, 0.3) is 0 Å². The summed E-state index contributed by atoms with van der Waals surface area (Å²) in [6.07, 6.45) is 0.936. The van der Waals surface area contributed by atoms with Gasteiger partial charge in [0.1, 0.15) is 11.6 Å². The van der Waals surface area contributed by atoms with Crippen LogP contribution in [-0.2, 0) is 16.0 Å². The van der Waals surface area contributed by atoms with Crippen molar-refractivity contribution in [3.8, 4) is 17.3 Å². The summed E-state index contributed by atoms with van der Waals surface area (Å²) in [5, 5.41) is 15.8. The number of halogens is 2. The molecule has 0 bridgehead atoms. The first-order chi connectivity index (χ1) is 16.9. The number of aryl methyl sites for hydroxylation is 1. The zero-order valence-electron chi connectivity index (χ0n) is 20.0. The standard InChI is InChI=1S/C26H31ClFN3O4/c1-4-13-34-18-23(32)16-30(12-14-33-3)17-25-19(2)29-31(22-10-8-20(27)9-11-22)26(25)35-24-7-5-6-21(28)15-24/h4-11,15,23,32H,1,12-14,16-18H2,2-3H3. The second-order valence-electron chi connectivity index (χ2n) is 8.02. The molecule has 0 aliphatic carbocycles. The molecular weight excluding hydrogens is 473 g/mol. The molecule has 1 atom stereocenters. The molecule has 1 aromatic heterocycles. The molecule has 35 heavy (non-hydrogen) atoms. The number of hydrogen-bond acceptors (Lipinski definition) is 6. The highest BCUT2D eigenvalue weighted by atomic mass is 35.5. The van der Waals surface area contributed by atoms with Crippen LogP contribution < -0.4 is 4.74 Å². The van der Waals surface area contributed by atoms with Crippen molar-refractivity contribution in [3.63, 3.8) is 0 Å². The fourth-order valence-electron chi connectivity index (χ4n) is 3.54. The average molecular weight is 504 g/mol. The quantitative estimate of drug-likeness (QED) is 0.252. The van der Waals surface area contributed by atoms with Gasteiger partial charge in [0, 0.05) is 37.8 Å². The predicted octanol–water partition coefficient (Wildman–Crippen LogP) is 4.78. The lowest BCUT2D eigenvalue weighted by Gasteiger charge is -2.25. The molecule has 9 heteroatoms. The van der Waals surface area contributed by atoms with Crippen LogP contribution in [0.4, 0.5) is 4.39 Å². The molecule has 1 N–H and O–H groups in total. The molecule has 0 aliphatic heterocycles. The van der Waals surface area contributed by atoms with Crippen LogP contribution in [0, 0.1) is 12.7 Å². The van der Waals surface area contributed by atoms with Crippen LogP contribution in [0.15, 0.2) is 61.2 Å². The Balaban J connectivity index is 1.94. The van der Waals surface area contributed by atoms with Crippen LogP contribution in [-0.4, -0.2) is 65.9 Å². The number of ether oxygens (including phenoxy) is 3. The Bertz CT molecular complexity index is 1090. The number of hydrogen-bond donors (Lipinski definition) is 1. The van der Waals surface area contributed by atoms with Gasteiger partial charge in [-0.3, -0.25) is 4.90 Å². The lowest BCUT2D eigenvalue weighted by Crippen LogP contribution is -2.36. The normalized spacial score (nSPS) is 12.2. The minimum atomic E-state index is -0.703. The largest absolute Gasteiger partial charge is 0.438 e. The summed E-state index contributed by atoms with van der Waals surface area (Å²) in [6.45, 7) is 7.88. The van der Waals surface area contributed by atoms with Crippen molar-refractivity contribution < 1.29 is 23.7 Å². The molecular formula is C26H31ClFN3O4. The monoisotopic (exact) mass is 503 g/mol. The van der Waals surface area contributed by atoms with Gasteiger partial charge in [0.2, 0.25) is 5.88 Å². The molecule has 0 aliphatic rings. The van der Waals surface area contributed by atoms with Crippen molar-refractivity contribution in [3.05, 3.63) is 83.3 Å². The maximum Gasteiger partial charge on any atom is 0.227 e. The number of methoxy groups -OCH3 is 1. The minimum absolute atomic E-state index is 0.186. The molecule has 1 unspecified atom stereocenters. The van der Waals surface area contributed by atoms with Gasteiger partial charge in [-0.1, -0.05) is 23.7 Å². The van der Waals surface area contributed by atoms with E-state index in [9.17, 15) is 9.50 Å². The van der Waals surface area contributed by atoms with E-state index in [4.69, 9.17) is 30.9 Å². The van der Waals surface area contributed by atoms with Gasteiger partial charge in [-0.05, 0) is 43.3 Å². The maximum atomic E-state index is 13.9.